The third kappa shape index (κ3) is 7.03. The molecule has 4 rings (SSSR count). The van der Waals surface area contributed by atoms with Crippen molar-refractivity contribution in [2.75, 3.05) is 32.7 Å². The molecule has 3 amide bonds. The predicted octanol–water partition coefficient (Wildman–Crippen LogP) is 5.37. The van der Waals surface area contributed by atoms with Crippen LogP contribution in [0.1, 0.15) is 59.4 Å². The fourth-order valence-corrected chi connectivity index (χ4v) is 6.06. The highest BCUT2D eigenvalue weighted by atomic mass is 35.5. The lowest BCUT2D eigenvalue weighted by Gasteiger charge is -2.41. The van der Waals surface area contributed by atoms with Crippen molar-refractivity contribution in [3.8, 4) is 0 Å². The molecule has 2 aliphatic rings. The summed E-state index contributed by atoms with van der Waals surface area (Å²) < 4.78 is 39.5. The molecule has 0 saturated carbocycles. The molecule has 0 bridgehead atoms. The summed E-state index contributed by atoms with van der Waals surface area (Å²) in [7, 11) is 0. The van der Waals surface area contributed by atoms with E-state index < -0.39 is 24.8 Å². The average Bonchev–Trinajstić information content (AvgIpc) is 3.18. The summed E-state index contributed by atoms with van der Waals surface area (Å²) in [6, 6.07) is 10.1. The number of amides is 3. The summed E-state index contributed by atoms with van der Waals surface area (Å²) in [6.07, 6.45) is -2.34. The first kappa shape index (κ1) is 29.1. The van der Waals surface area contributed by atoms with Crippen molar-refractivity contribution in [1.29, 1.82) is 0 Å². The average molecular weight is 566 g/mol. The minimum atomic E-state index is -4.44. The molecule has 0 aliphatic carbocycles. The highest BCUT2D eigenvalue weighted by molar-refractivity contribution is 6.29. The molecule has 2 aromatic rings. The molecule has 7 nitrogen and oxygen atoms in total. The highest BCUT2D eigenvalue weighted by Crippen LogP contribution is 2.36. The van der Waals surface area contributed by atoms with Gasteiger partial charge in [-0.15, -0.1) is 0 Å². The van der Waals surface area contributed by atoms with Crippen molar-refractivity contribution < 1.29 is 22.8 Å². The molecule has 0 spiro atoms. The van der Waals surface area contributed by atoms with Gasteiger partial charge >= 0.3 is 12.2 Å². The van der Waals surface area contributed by atoms with Crippen molar-refractivity contribution in [1.82, 2.24) is 25.0 Å². The summed E-state index contributed by atoms with van der Waals surface area (Å²) in [6.45, 7) is 6.43. The van der Waals surface area contributed by atoms with E-state index in [0.717, 1.165) is 35.5 Å². The zero-order valence-corrected chi connectivity index (χ0v) is 23.2. The summed E-state index contributed by atoms with van der Waals surface area (Å²) in [4.78, 5) is 35.0. The number of pyridine rings is 1. The van der Waals surface area contributed by atoms with E-state index in [2.05, 4.69) is 22.1 Å². The number of halogens is 4. The standard InChI is InChI=1S/C28H35ClF3N5O2/c1-18-15-24(29)34-20(3)25(18)26(38)33-12-9-19(2)35-13-10-22(11-14-35)37-23(21-7-5-4-6-8-21)16-36(27(37)39)17-28(30,31)32/h4-8,15,19,22-23H,9-14,16-17H2,1-3H3,(H,33,38). The number of hydrogen-bond acceptors (Lipinski definition) is 4. The molecule has 2 aliphatic heterocycles. The van der Waals surface area contributed by atoms with Gasteiger partial charge in [0.2, 0.25) is 0 Å². The van der Waals surface area contributed by atoms with Crippen molar-refractivity contribution in [2.45, 2.75) is 64.3 Å². The second-order valence-electron chi connectivity index (χ2n) is 10.5. The van der Waals surface area contributed by atoms with E-state index in [-0.39, 0.29) is 24.5 Å². The second-order valence-corrected chi connectivity index (χ2v) is 10.9. The van der Waals surface area contributed by atoms with Gasteiger partial charge in [0.1, 0.15) is 11.7 Å². The van der Waals surface area contributed by atoms with Crippen LogP contribution in [0.2, 0.25) is 5.15 Å². The molecular formula is C28H35ClF3N5O2. The van der Waals surface area contributed by atoms with Crippen LogP contribution in [0, 0.1) is 13.8 Å². The van der Waals surface area contributed by atoms with E-state index in [0.29, 0.717) is 35.8 Å². The Labute approximate surface area is 232 Å². The number of rotatable bonds is 8. The van der Waals surface area contributed by atoms with E-state index >= 15 is 0 Å². The Hall–Kier alpha value is -2.85. The Morgan fingerprint density at radius 1 is 1.18 bits per heavy atom. The van der Waals surface area contributed by atoms with Crippen LogP contribution >= 0.6 is 11.6 Å². The number of hydrogen-bond donors (Lipinski definition) is 1. The Bertz CT molecular complexity index is 1150. The van der Waals surface area contributed by atoms with Gasteiger partial charge in [0, 0.05) is 38.3 Å². The van der Waals surface area contributed by atoms with Gasteiger partial charge in [-0.3, -0.25) is 4.79 Å². The van der Waals surface area contributed by atoms with Crippen molar-refractivity contribution in [2.24, 2.45) is 0 Å². The molecule has 2 saturated heterocycles. The first-order chi connectivity index (χ1) is 18.4. The Kier molecular flexibility index (Phi) is 9.06. The van der Waals surface area contributed by atoms with Crippen molar-refractivity contribution in [3.63, 3.8) is 0 Å². The number of nitrogens with one attached hydrogen (secondary N) is 1. The molecule has 2 unspecified atom stereocenters. The van der Waals surface area contributed by atoms with E-state index in [4.69, 9.17) is 11.6 Å². The number of benzene rings is 1. The molecule has 2 fully saturated rings. The number of carbonyl (C=O) groups excluding carboxylic acids is 2. The van der Waals surface area contributed by atoms with Crippen LogP contribution < -0.4 is 5.32 Å². The predicted molar refractivity (Wildman–Crippen MR) is 144 cm³/mol. The van der Waals surface area contributed by atoms with E-state index in [1.54, 1.807) is 17.9 Å². The first-order valence-electron chi connectivity index (χ1n) is 13.3. The second kappa shape index (κ2) is 12.1. The number of aromatic nitrogens is 1. The van der Waals surface area contributed by atoms with Gasteiger partial charge in [-0.05, 0) is 57.2 Å². The van der Waals surface area contributed by atoms with E-state index in [9.17, 15) is 22.8 Å². The highest BCUT2D eigenvalue weighted by Gasteiger charge is 2.46. The molecule has 1 aromatic carbocycles. The number of urea groups is 1. The van der Waals surface area contributed by atoms with Gasteiger partial charge in [0.25, 0.3) is 5.91 Å². The number of nitrogens with zero attached hydrogens (tertiary/aromatic N) is 4. The summed E-state index contributed by atoms with van der Waals surface area (Å²) in [5.41, 5.74) is 2.75. The molecule has 2 atom stereocenters. The van der Waals surface area contributed by atoms with Crippen LogP contribution in [0.3, 0.4) is 0 Å². The van der Waals surface area contributed by atoms with Crippen LogP contribution in [0.15, 0.2) is 36.4 Å². The maximum absolute atomic E-state index is 13.2. The van der Waals surface area contributed by atoms with Crippen molar-refractivity contribution >= 4 is 23.5 Å². The van der Waals surface area contributed by atoms with Crippen LogP contribution in [-0.4, -0.2) is 82.6 Å². The largest absolute Gasteiger partial charge is 0.406 e. The quantitative estimate of drug-likeness (QED) is 0.437. The van der Waals surface area contributed by atoms with Crippen LogP contribution in [0.25, 0.3) is 0 Å². The summed E-state index contributed by atoms with van der Waals surface area (Å²) in [5, 5.41) is 3.34. The van der Waals surface area contributed by atoms with Gasteiger partial charge in [-0.1, -0.05) is 41.9 Å². The maximum Gasteiger partial charge on any atom is 0.406 e. The van der Waals surface area contributed by atoms with E-state index in [1.165, 1.54) is 0 Å². The van der Waals surface area contributed by atoms with Crippen LogP contribution in [-0.2, 0) is 0 Å². The minimum Gasteiger partial charge on any atom is -0.352 e. The monoisotopic (exact) mass is 565 g/mol. The maximum atomic E-state index is 13.2. The van der Waals surface area contributed by atoms with Gasteiger partial charge < -0.3 is 20.0 Å². The number of alkyl halides is 3. The third-order valence-electron chi connectivity index (χ3n) is 7.73. The Morgan fingerprint density at radius 3 is 2.46 bits per heavy atom. The molecular weight excluding hydrogens is 531 g/mol. The lowest BCUT2D eigenvalue weighted by Crippen LogP contribution is -2.50. The molecule has 1 N–H and O–H groups in total. The lowest BCUT2D eigenvalue weighted by molar-refractivity contribution is -0.138. The first-order valence-corrected chi connectivity index (χ1v) is 13.7. The molecule has 39 heavy (non-hydrogen) atoms. The van der Waals surface area contributed by atoms with Gasteiger partial charge in [0.05, 0.1) is 17.3 Å². The number of aryl methyl sites for hydroxylation is 2. The Balaban J connectivity index is 1.33. The molecule has 11 heteroatoms. The summed E-state index contributed by atoms with van der Waals surface area (Å²) in [5.74, 6) is -0.178. The molecule has 3 heterocycles. The van der Waals surface area contributed by atoms with Gasteiger partial charge in [-0.25, -0.2) is 9.78 Å². The number of likely N-dealkylation sites (tertiary alicyclic amines) is 1. The van der Waals surface area contributed by atoms with Crippen LogP contribution in [0.5, 0.6) is 0 Å². The minimum absolute atomic E-state index is 0.0285. The molecule has 1 aromatic heterocycles. The molecule has 0 radical (unpaired) electrons. The fraction of sp³-hybridized carbons (Fsp3) is 0.536. The van der Waals surface area contributed by atoms with E-state index in [1.807, 2.05) is 37.3 Å². The Morgan fingerprint density at radius 2 is 1.85 bits per heavy atom. The smallest absolute Gasteiger partial charge is 0.352 e. The zero-order valence-electron chi connectivity index (χ0n) is 22.5. The summed E-state index contributed by atoms with van der Waals surface area (Å²) >= 11 is 5.97. The normalized spacial score (nSPS) is 20.0. The zero-order chi connectivity index (χ0) is 28.3. The topological polar surface area (TPSA) is 68.8 Å². The molecule has 212 valence electrons. The number of piperidine rings is 1. The van der Waals surface area contributed by atoms with Crippen molar-refractivity contribution in [3.05, 3.63) is 63.9 Å². The third-order valence-corrected chi connectivity index (χ3v) is 7.93. The van der Waals surface area contributed by atoms with Gasteiger partial charge in [-0.2, -0.15) is 13.2 Å². The number of carbonyl (C=O) groups is 2. The van der Waals surface area contributed by atoms with Gasteiger partial charge in [0.15, 0.2) is 0 Å². The SMILES string of the molecule is Cc1cc(Cl)nc(C)c1C(=O)NCCC(C)N1CCC(N2C(=O)N(CC(F)(F)F)CC2c2ccccc2)CC1. The van der Waals surface area contributed by atoms with Crippen LogP contribution in [0.4, 0.5) is 18.0 Å². The fourth-order valence-electron chi connectivity index (χ4n) is 5.77. The lowest BCUT2D eigenvalue weighted by atomic mass is 9.98.